The average molecular weight is 430 g/mol. The van der Waals surface area contributed by atoms with Gasteiger partial charge in [0.1, 0.15) is 5.82 Å². The molecule has 4 aromatic rings. The fourth-order valence-corrected chi connectivity index (χ4v) is 3.94. The van der Waals surface area contributed by atoms with Crippen LogP contribution < -0.4 is 10.2 Å². The summed E-state index contributed by atoms with van der Waals surface area (Å²) >= 11 is 0. The van der Waals surface area contributed by atoms with Gasteiger partial charge >= 0.3 is 0 Å². The first-order chi connectivity index (χ1) is 15.6. The van der Waals surface area contributed by atoms with E-state index in [4.69, 9.17) is 4.74 Å². The van der Waals surface area contributed by atoms with Crippen LogP contribution in [0.5, 0.6) is 0 Å². The van der Waals surface area contributed by atoms with Crippen LogP contribution in [-0.2, 0) is 4.74 Å². The van der Waals surface area contributed by atoms with Gasteiger partial charge in [-0.05, 0) is 48.9 Å². The summed E-state index contributed by atoms with van der Waals surface area (Å²) in [7, 11) is 0. The molecule has 9 heteroatoms. The number of hydrogen-bond acceptors (Lipinski definition) is 7. The van der Waals surface area contributed by atoms with Crippen molar-refractivity contribution in [2.45, 2.75) is 6.92 Å². The summed E-state index contributed by atoms with van der Waals surface area (Å²) in [6, 6.07) is 14.8. The Morgan fingerprint density at radius 2 is 1.88 bits per heavy atom. The number of aryl methyl sites for hydroxylation is 1. The van der Waals surface area contributed by atoms with Crippen molar-refractivity contribution in [2.24, 2.45) is 0 Å². The van der Waals surface area contributed by atoms with E-state index >= 15 is 0 Å². The summed E-state index contributed by atoms with van der Waals surface area (Å²) in [5, 5.41) is 15.2. The molecule has 0 radical (unpaired) electrons. The highest BCUT2D eigenvalue weighted by molar-refractivity contribution is 5.87. The van der Waals surface area contributed by atoms with Crippen molar-refractivity contribution in [3.8, 4) is 5.82 Å². The first-order valence-electron chi connectivity index (χ1n) is 10.4. The molecule has 0 amide bonds. The van der Waals surface area contributed by atoms with Crippen molar-refractivity contribution < 1.29 is 9.66 Å². The molecule has 0 saturated carbocycles. The Balaban J connectivity index is 1.40. The van der Waals surface area contributed by atoms with E-state index < -0.39 is 0 Å². The smallest absolute Gasteiger partial charge is 0.270 e. The van der Waals surface area contributed by atoms with Crippen molar-refractivity contribution in [1.82, 2.24) is 14.5 Å². The number of hydrogen-bond donors (Lipinski definition) is 1. The summed E-state index contributed by atoms with van der Waals surface area (Å²) in [5.74, 6) is 1.16. The maximum atomic E-state index is 11.1. The third kappa shape index (κ3) is 3.85. The number of nitrogens with zero attached hydrogens (tertiary/aromatic N) is 5. The summed E-state index contributed by atoms with van der Waals surface area (Å²) in [6.07, 6.45) is 3.62. The molecule has 2 aromatic carbocycles. The van der Waals surface area contributed by atoms with Crippen molar-refractivity contribution in [2.75, 3.05) is 36.5 Å². The monoisotopic (exact) mass is 430 g/mol. The van der Waals surface area contributed by atoms with Gasteiger partial charge in [-0.1, -0.05) is 0 Å². The van der Waals surface area contributed by atoms with Crippen LogP contribution in [0.15, 0.2) is 60.9 Å². The van der Waals surface area contributed by atoms with E-state index in [2.05, 4.69) is 32.3 Å². The predicted octanol–water partition coefficient (Wildman–Crippen LogP) is 4.22. The zero-order valence-corrected chi connectivity index (χ0v) is 17.6. The van der Waals surface area contributed by atoms with Gasteiger partial charge in [-0.15, -0.1) is 0 Å². The molecule has 1 aliphatic heterocycles. The molecule has 162 valence electrons. The van der Waals surface area contributed by atoms with Gasteiger partial charge in [0.2, 0.25) is 5.95 Å². The zero-order chi connectivity index (χ0) is 22.1. The normalized spacial score (nSPS) is 14.0. The molecular formula is C23H22N6O3. The highest BCUT2D eigenvalue weighted by Crippen LogP contribution is 2.28. The first-order valence-corrected chi connectivity index (χ1v) is 10.4. The Hall–Kier alpha value is -3.98. The summed E-state index contributed by atoms with van der Waals surface area (Å²) in [4.78, 5) is 22.0. The number of morpholine rings is 1. The van der Waals surface area contributed by atoms with Crippen molar-refractivity contribution in [1.29, 1.82) is 0 Å². The molecule has 0 bridgehead atoms. The second-order valence-corrected chi connectivity index (χ2v) is 7.65. The molecule has 5 rings (SSSR count). The van der Waals surface area contributed by atoms with Gasteiger partial charge in [0.05, 0.1) is 23.7 Å². The van der Waals surface area contributed by atoms with E-state index in [-0.39, 0.29) is 10.6 Å². The average Bonchev–Trinajstić information content (AvgIpc) is 3.16. The number of aromatic nitrogens is 3. The van der Waals surface area contributed by atoms with Crippen molar-refractivity contribution in [3.63, 3.8) is 0 Å². The van der Waals surface area contributed by atoms with Gasteiger partial charge in [0, 0.05) is 54.4 Å². The first kappa shape index (κ1) is 20.0. The van der Waals surface area contributed by atoms with E-state index in [1.54, 1.807) is 18.3 Å². The molecule has 0 aliphatic carbocycles. The second-order valence-electron chi connectivity index (χ2n) is 7.65. The van der Waals surface area contributed by atoms with Crippen LogP contribution in [0, 0.1) is 17.0 Å². The van der Waals surface area contributed by atoms with Gasteiger partial charge in [-0.2, -0.15) is 4.98 Å². The van der Waals surface area contributed by atoms with Crippen LogP contribution in [-0.4, -0.2) is 45.8 Å². The maximum Gasteiger partial charge on any atom is 0.270 e. The highest BCUT2D eigenvalue weighted by Gasteiger charge is 2.14. The lowest BCUT2D eigenvalue weighted by molar-refractivity contribution is -0.384. The molecule has 3 heterocycles. The van der Waals surface area contributed by atoms with E-state index in [0.717, 1.165) is 54.1 Å². The number of nitrogens with one attached hydrogen (secondary N) is 1. The molecule has 2 aromatic heterocycles. The Bertz CT molecular complexity index is 1280. The lowest BCUT2D eigenvalue weighted by atomic mass is 10.2. The number of ether oxygens (including phenoxy) is 1. The minimum atomic E-state index is -0.382. The van der Waals surface area contributed by atoms with Crippen molar-refractivity contribution in [3.05, 3.63) is 76.6 Å². The molecule has 0 unspecified atom stereocenters. The van der Waals surface area contributed by atoms with Gasteiger partial charge in [0.15, 0.2) is 0 Å². The van der Waals surface area contributed by atoms with Gasteiger partial charge < -0.3 is 19.5 Å². The van der Waals surface area contributed by atoms with Crippen molar-refractivity contribution >= 4 is 33.9 Å². The molecular weight excluding hydrogens is 408 g/mol. The van der Waals surface area contributed by atoms with Crippen LogP contribution in [0.2, 0.25) is 0 Å². The maximum absolute atomic E-state index is 11.1. The van der Waals surface area contributed by atoms with Crippen LogP contribution in [0.3, 0.4) is 0 Å². The molecule has 1 fully saturated rings. The summed E-state index contributed by atoms with van der Waals surface area (Å²) in [6.45, 7) is 5.22. The van der Waals surface area contributed by atoms with E-state index in [1.165, 1.54) is 6.07 Å². The van der Waals surface area contributed by atoms with Gasteiger partial charge in [-0.25, -0.2) is 4.98 Å². The quantitative estimate of drug-likeness (QED) is 0.374. The zero-order valence-electron chi connectivity index (χ0n) is 17.6. The lowest BCUT2D eigenvalue weighted by Gasteiger charge is -2.28. The number of benzene rings is 2. The highest BCUT2D eigenvalue weighted by atomic mass is 16.6. The van der Waals surface area contributed by atoms with E-state index in [0.29, 0.717) is 11.8 Å². The molecule has 0 atom stereocenters. The van der Waals surface area contributed by atoms with Gasteiger partial charge in [0.25, 0.3) is 5.69 Å². The third-order valence-electron chi connectivity index (χ3n) is 5.59. The molecule has 1 N–H and O–H groups in total. The SMILES string of the molecule is Cc1cn(-c2ccnc(Nc3ccc(N4CCOCC4)cc3)n2)c2ccc([N+](=O)[O-])cc12. The fraction of sp³-hybridized carbons (Fsp3) is 0.217. The Morgan fingerprint density at radius 1 is 1.09 bits per heavy atom. The van der Waals surface area contributed by atoms with Crippen LogP contribution in [0.1, 0.15) is 5.56 Å². The van der Waals surface area contributed by atoms with E-state index in [1.807, 2.05) is 35.9 Å². The number of rotatable bonds is 5. The number of non-ortho nitro benzene ring substituents is 1. The standard InChI is InChI=1S/C23H22N6O3/c1-16-15-28(21-7-6-19(29(30)31)14-20(16)21)22-8-9-24-23(26-22)25-17-2-4-18(5-3-17)27-10-12-32-13-11-27/h2-9,14-15H,10-13H2,1H3,(H,24,25,26). The molecule has 9 nitrogen and oxygen atoms in total. The minimum absolute atomic E-state index is 0.0731. The van der Waals surface area contributed by atoms with Gasteiger partial charge in [-0.3, -0.25) is 10.1 Å². The summed E-state index contributed by atoms with van der Waals surface area (Å²) < 4.78 is 7.33. The largest absolute Gasteiger partial charge is 0.378 e. The number of fused-ring (bicyclic) bond motifs is 1. The third-order valence-corrected chi connectivity index (χ3v) is 5.59. The predicted molar refractivity (Wildman–Crippen MR) is 123 cm³/mol. The Kier molecular flexibility index (Phi) is 5.16. The molecule has 1 aliphatic rings. The molecule has 0 spiro atoms. The minimum Gasteiger partial charge on any atom is -0.378 e. The summed E-state index contributed by atoms with van der Waals surface area (Å²) in [5.41, 5.74) is 3.92. The number of anilines is 3. The number of nitro benzene ring substituents is 1. The Labute approximate surface area is 184 Å². The number of nitro groups is 1. The van der Waals surface area contributed by atoms with Crippen LogP contribution >= 0.6 is 0 Å². The van der Waals surface area contributed by atoms with Crippen LogP contribution in [0.25, 0.3) is 16.7 Å². The fourth-order valence-electron chi connectivity index (χ4n) is 3.94. The Morgan fingerprint density at radius 3 is 2.62 bits per heavy atom. The topological polar surface area (TPSA) is 98.4 Å². The molecule has 1 saturated heterocycles. The second kappa shape index (κ2) is 8.27. The molecule has 32 heavy (non-hydrogen) atoms. The lowest BCUT2D eigenvalue weighted by Crippen LogP contribution is -2.36. The van der Waals surface area contributed by atoms with E-state index in [9.17, 15) is 10.1 Å². The van der Waals surface area contributed by atoms with Crippen LogP contribution in [0.4, 0.5) is 23.0 Å².